The Morgan fingerprint density at radius 1 is 1.14 bits per heavy atom. The molecule has 2 aromatic rings. The fourth-order valence-electron chi connectivity index (χ4n) is 2.19. The van der Waals surface area contributed by atoms with Gasteiger partial charge in [-0.15, -0.1) is 0 Å². The molecule has 0 spiro atoms. The summed E-state index contributed by atoms with van der Waals surface area (Å²) in [5.41, 5.74) is 6.53. The Bertz CT molecular complexity index is 695. The molecule has 0 unspecified atom stereocenters. The van der Waals surface area contributed by atoms with Crippen LogP contribution in [0.3, 0.4) is 0 Å². The maximum Gasteiger partial charge on any atom is 0.326 e. The van der Waals surface area contributed by atoms with Crippen molar-refractivity contribution in [3.63, 3.8) is 0 Å². The zero-order chi connectivity index (χ0) is 15.6. The van der Waals surface area contributed by atoms with Gasteiger partial charge in [-0.2, -0.15) is 0 Å². The summed E-state index contributed by atoms with van der Waals surface area (Å²) in [4.78, 5) is 23.4. The van der Waals surface area contributed by atoms with E-state index >= 15 is 0 Å². The highest BCUT2D eigenvalue weighted by Gasteiger charge is 2.24. The fourth-order valence-corrected chi connectivity index (χ4v) is 2.19. The number of nitrogens with one attached hydrogen (secondary N) is 1. The molecule has 0 aliphatic carbocycles. The van der Waals surface area contributed by atoms with E-state index in [4.69, 9.17) is 10.8 Å². The Labute approximate surface area is 122 Å². The van der Waals surface area contributed by atoms with Gasteiger partial charge in [-0.1, -0.05) is 38.1 Å². The molecule has 4 N–H and O–H groups in total. The van der Waals surface area contributed by atoms with Crippen LogP contribution in [0.15, 0.2) is 36.4 Å². The van der Waals surface area contributed by atoms with Gasteiger partial charge in [0.1, 0.15) is 6.04 Å². The number of nitrogens with two attached hydrogens (primary N) is 1. The Kier molecular flexibility index (Phi) is 4.12. The molecular weight excluding hydrogens is 268 g/mol. The first-order valence-electron chi connectivity index (χ1n) is 6.72. The molecule has 0 heterocycles. The Morgan fingerprint density at radius 3 is 2.24 bits per heavy atom. The number of hydrogen-bond acceptors (Lipinski definition) is 3. The number of nitrogen functional groups attached to an aromatic ring is 1. The molecule has 0 aliphatic heterocycles. The summed E-state index contributed by atoms with van der Waals surface area (Å²) in [5.74, 6) is -1.75. The Hall–Kier alpha value is -2.56. The molecule has 0 saturated carbocycles. The zero-order valence-electron chi connectivity index (χ0n) is 12.0. The quantitative estimate of drug-likeness (QED) is 0.752. The second-order valence-electron chi connectivity index (χ2n) is 5.32. The molecule has 0 aromatic heterocycles. The number of anilines is 1. The first kappa shape index (κ1) is 14.8. The van der Waals surface area contributed by atoms with Gasteiger partial charge in [0.2, 0.25) is 0 Å². The summed E-state index contributed by atoms with van der Waals surface area (Å²) in [6.07, 6.45) is 0. The van der Waals surface area contributed by atoms with E-state index < -0.39 is 17.9 Å². The molecular formula is C16H18N2O3. The smallest absolute Gasteiger partial charge is 0.326 e. The number of aliphatic carboxylic acids is 1. The molecule has 0 aliphatic rings. The first-order valence-corrected chi connectivity index (χ1v) is 6.72. The summed E-state index contributed by atoms with van der Waals surface area (Å²) >= 11 is 0. The van der Waals surface area contributed by atoms with Crippen LogP contribution in [0.4, 0.5) is 5.69 Å². The molecule has 0 saturated heterocycles. The first-order chi connectivity index (χ1) is 9.90. The molecule has 21 heavy (non-hydrogen) atoms. The Morgan fingerprint density at radius 2 is 1.71 bits per heavy atom. The number of benzene rings is 2. The number of carboxylic acids is 1. The highest BCUT2D eigenvalue weighted by Crippen LogP contribution is 2.22. The zero-order valence-corrected chi connectivity index (χ0v) is 12.0. The van der Waals surface area contributed by atoms with E-state index in [1.165, 1.54) is 0 Å². The molecule has 110 valence electrons. The topological polar surface area (TPSA) is 92.4 Å². The highest BCUT2D eigenvalue weighted by molar-refractivity contribution is 6.05. The minimum atomic E-state index is -1.06. The van der Waals surface area contributed by atoms with Crippen LogP contribution in [0, 0.1) is 5.92 Å². The summed E-state index contributed by atoms with van der Waals surface area (Å²) in [7, 11) is 0. The summed E-state index contributed by atoms with van der Waals surface area (Å²) in [6, 6.07) is 10.00. The molecule has 1 amide bonds. The number of hydrogen-bond donors (Lipinski definition) is 3. The van der Waals surface area contributed by atoms with Crippen molar-refractivity contribution in [3.8, 4) is 0 Å². The van der Waals surface area contributed by atoms with Crippen LogP contribution in [0.5, 0.6) is 0 Å². The van der Waals surface area contributed by atoms with Gasteiger partial charge in [-0.05, 0) is 28.8 Å². The number of amides is 1. The SMILES string of the molecule is CC(C)[C@@H](NC(=O)c1cc2ccccc2cc1N)C(=O)O. The van der Waals surface area contributed by atoms with Crippen LogP contribution in [-0.2, 0) is 4.79 Å². The lowest BCUT2D eigenvalue weighted by atomic mass is 10.0. The number of carboxylic acid groups (broad SMARTS) is 1. The second kappa shape index (κ2) is 5.83. The highest BCUT2D eigenvalue weighted by atomic mass is 16.4. The summed E-state index contributed by atoms with van der Waals surface area (Å²) in [5, 5.41) is 13.5. The van der Waals surface area contributed by atoms with Crippen molar-refractivity contribution in [2.45, 2.75) is 19.9 Å². The van der Waals surface area contributed by atoms with Crippen LogP contribution in [-0.4, -0.2) is 23.0 Å². The van der Waals surface area contributed by atoms with Gasteiger partial charge in [0.15, 0.2) is 0 Å². The van der Waals surface area contributed by atoms with E-state index in [2.05, 4.69) is 5.32 Å². The minimum Gasteiger partial charge on any atom is -0.480 e. The van der Waals surface area contributed by atoms with Gasteiger partial charge < -0.3 is 16.2 Å². The predicted molar refractivity (Wildman–Crippen MR) is 82.1 cm³/mol. The number of rotatable bonds is 4. The largest absolute Gasteiger partial charge is 0.480 e. The van der Waals surface area contributed by atoms with Gasteiger partial charge >= 0.3 is 5.97 Å². The lowest BCUT2D eigenvalue weighted by Crippen LogP contribution is -2.44. The van der Waals surface area contributed by atoms with Crippen molar-refractivity contribution in [2.75, 3.05) is 5.73 Å². The van der Waals surface area contributed by atoms with Gasteiger partial charge in [0.25, 0.3) is 5.91 Å². The van der Waals surface area contributed by atoms with Crippen LogP contribution in [0.2, 0.25) is 0 Å². The van der Waals surface area contributed by atoms with Crippen LogP contribution >= 0.6 is 0 Å². The maximum atomic E-state index is 12.3. The molecule has 0 fully saturated rings. The Balaban J connectivity index is 2.34. The van der Waals surface area contributed by atoms with Crippen LogP contribution in [0.1, 0.15) is 24.2 Å². The third-order valence-electron chi connectivity index (χ3n) is 3.38. The number of fused-ring (bicyclic) bond motifs is 1. The van der Waals surface area contributed by atoms with E-state index in [0.717, 1.165) is 10.8 Å². The van der Waals surface area contributed by atoms with Gasteiger partial charge in [-0.25, -0.2) is 4.79 Å². The van der Waals surface area contributed by atoms with Gasteiger partial charge in [0.05, 0.1) is 5.56 Å². The van der Waals surface area contributed by atoms with Crippen molar-refractivity contribution in [1.82, 2.24) is 5.32 Å². The van der Waals surface area contributed by atoms with E-state index in [0.29, 0.717) is 11.3 Å². The summed E-state index contributed by atoms with van der Waals surface area (Å²) in [6.45, 7) is 3.48. The van der Waals surface area contributed by atoms with Crippen molar-refractivity contribution in [3.05, 3.63) is 42.0 Å². The lowest BCUT2D eigenvalue weighted by Gasteiger charge is -2.18. The van der Waals surface area contributed by atoms with Crippen molar-refractivity contribution in [1.29, 1.82) is 0 Å². The van der Waals surface area contributed by atoms with Gasteiger partial charge in [0, 0.05) is 5.69 Å². The normalized spacial score (nSPS) is 12.3. The third kappa shape index (κ3) is 3.13. The van der Waals surface area contributed by atoms with Gasteiger partial charge in [-0.3, -0.25) is 4.79 Å². The van der Waals surface area contributed by atoms with Crippen molar-refractivity contribution < 1.29 is 14.7 Å². The molecule has 5 heteroatoms. The molecule has 1 atom stereocenters. The lowest BCUT2D eigenvalue weighted by molar-refractivity contribution is -0.140. The molecule has 0 radical (unpaired) electrons. The second-order valence-corrected chi connectivity index (χ2v) is 5.32. The molecule has 0 bridgehead atoms. The van der Waals surface area contributed by atoms with E-state index in [9.17, 15) is 9.59 Å². The monoisotopic (exact) mass is 286 g/mol. The third-order valence-corrected chi connectivity index (χ3v) is 3.38. The van der Waals surface area contributed by atoms with Crippen molar-refractivity contribution >= 4 is 28.3 Å². The van der Waals surface area contributed by atoms with Crippen molar-refractivity contribution in [2.24, 2.45) is 5.92 Å². The summed E-state index contributed by atoms with van der Waals surface area (Å²) < 4.78 is 0. The van der Waals surface area contributed by atoms with E-state index in [1.807, 2.05) is 24.3 Å². The average Bonchev–Trinajstić information content (AvgIpc) is 2.43. The predicted octanol–water partition coefficient (Wildman–Crippen LogP) is 2.26. The molecule has 2 aromatic carbocycles. The maximum absolute atomic E-state index is 12.3. The molecule has 2 rings (SSSR count). The van der Waals surface area contributed by atoms with E-state index in [1.54, 1.807) is 26.0 Å². The fraction of sp³-hybridized carbons (Fsp3) is 0.250. The standard InChI is InChI=1S/C16H18N2O3/c1-9(2)14(16(20)21)18-15(19)12-7-10-5-3-4-6-11(10)8-13(12)17/h3-9,14H,17H2,1-2H3,(H,18,19)(H,20,21)/t14-/m1/s1. The number of carbonyl (C=O) groups excluding carboxylic acids is 1. The number of carbonyl (C=O) groups is 2. The molecule has 5 nitrogen and oxygen atoms in total. The average molecular weight is 286 g/mol. The minimum absolute atomic E-state index is 0.215. The van der Waals surface area contributed by atoms with Crippen LogP contribution in [0.25, 0.3) is 10.8 Å². The van der Waals surface area contributed by atoms with E-state index in [-0.39, 0.29) is 5.92 Å². The van der Waals surface area contributed by atoms with Crippen LogP contribution < -0.4 is 11.1 Å².